The van der Waals surface area contributed by atoms with Crippen LogP contribution < -0.4 is 4.90 Å². The number of likely N-dealkylation sites (tertiary alicyclic amines) is 1. The van der Waals surface area contributed by atoms with Gasteiger partial charge in [-0.05, 0) is 25.9 Å². The van der Waals surface area contributed by atoms with E-state index in [1.165, 1.54) is 0 Å². The number of halogens is 3. The first-order chi connectivity index (χ1) is 8.91. The monoisotopic (exact) mass is 294 g/mol. The van der Waals surface area contributed by atoms with Crippen molar-refractivity contribution in [3.05, 3.63) is 5.01 Å². The maximum atomic E-state index is 12.5. The molecule has 1 fully saturated rings. The smallest absolute Gasteiger partial charge is 0.348 e. The van der Waals surface area contributed by atoms with E-state index >= 15 is 0 Å². The molecule has 0 radical (unpaired) electrons. The molecule has 0 amide bonds. The molecule has 0 saturated carbocycles. The highest BCUT2D eigenvalue weighted by Crippen LogP contribution is 2.34. The van der Waals surface area contributed by atoms with Crippen LogP contribution >= 0.6 is 11.3 Å². The van der Waals surface area contributed by atoms with E-state index in [2.05, 4.69) is 22.0 Å². The summed E-state index contributed by atoms with van der Waals surface area (Å²) in [5, 5.41) is 6.29. The molecule has 108 valence electrons. The van der Waals surface area contributed by atoms with Crippen molar-refractivity contribution in [3.63, 3.8) is 0 Å². The van der Waals surface area contributed by atoms with E-state index in [4.69, 9.17) is 0 Å². The Kier molecular flexibility index (Phi) is 4.29. The van der Waals surface area contributed by atoms with Crippen molar-refractivity contribution >= 4 is 16.5 Å². The van der Waals surface area contributed by atoms with Gasteiger partial charge in [0.25, 0.3) is 0 Å². The second-order valence-electron chi connectivity index (χ2n) is 4.69. The van der Waals surface area contributed by atoms with Crippen LogP contribution in [0.3, 0.4) is 0 Å². The van der Waals surface area contributed by atoms with E-state index in [0.717, 1.165) is 25.9 Å². The van der Waals surface area contributed by atoms with Crippen LogP contribution in [-0.4, -0.2) is 47.8 Å². The van der Waals surface area contributed by atoms with Crippen molar-refractivity contribution in [2.24, 2.45) is 0 Å². The van der Waals surface area contributed by atoms with Gasteiger partial charge in [-0.1, -0.05) is 18.3 Å². The summed E-state index contributed by atoms with van der Waals surface area (Å²) in [4.78, 5) is 4.12. The fourth-order valence-electron chi connectivity index (χ4n) is 2.40. The van der Waals surface area contributed by atoms with Gasteiger partial charge >= 0.3 is 6.18 Å². The van der Waals surface area contributed by atoms with Crippen molar-refractivity contribution in [2.45, 2.75) is 32.0 Å². The van der Waals surface area contributed by atoms with Crippen LogP contribution in [0.2, 0.25) is 0 Å². The molecule has 1 unspecified atom stereocenters. The minimum absolute atomic E-state index is 0.329. The maximum Gasteiger partial charge on any atom is 0.445 e. The molecule has 0 bridgehead atoms. The predicted octanol–water partition coefficient (Wildman–Crippen LogP) is 2.48. The Morgan fingerprint density at radius 1 is 1.42 bits per heavy atom. The van der Waals surface area contributed by atoms with Gasteiger partial charge in [-0.2, -0.15) is 13.2 Å². The summed E-state index contributed by atoms with van der Waals surface area (Å²) < 4.78 is 37.4. The van der Waals surface area contributed by atoms with E-state index in [1.807, 2.05) is 0 Å². The molecule has 4 nitrogen and oxygen atoms in total. The number of likely N-dealkylation sites (N-methyl/N-ethyl adjacent to an activating group) is 2. The zero-order chi connectivity index (χ0) is 14.0. The lowest BCUT2D eigenvalue weighted by Gasteiger charge is -2.27. The van der Waals surface area contributed by atoms with E-state index in [0.29, 0.717) is 29.1 Å². The first kappa shape index (κ1) is 14.5. The Bertz CT molecular complexity index is 420. The van der Waals surface area contributed by atoms with Crippen molar-refractivity contribution < 1.29 is 13.2 Å². The Hall–Kier alpha value is -0.890. The molecular formula is C11H17F3N4S. The Morgan fingerprint density at radius 2 is 2.16 bits per heavy atom. The lowest BCUT2D eigenvalue weighted by Crippen LogP contribution is -2.38. The number of alkyl halides is 3. The summed E-state index contributed by atoms with van der Waals surface area (Å²) in [6, 6.07) is 0.397. The third-order valence-corrected chi connectivity index (χ3v) is 4.46. The predicted molar refractivity (Wildman–Crippen MR) is 68.5 cm³/mol. The van der Waals surface area contributed by atoms with Gasteiger partial charge in [0.05, 0.1) is 0 Å². The van der Waals surface area contributed by atoms with Crippen LogP contribution in [-0.2, 0) is 6.18 Å². The fourth-order valence-corrected chi connectivity index (χ4v) is 3.08. The molecule has 1 aromatic heterocycles. The normalized spacial score (nSPS) is 21.0. The summed E-state index contributed by atoms with van der Waals surface area (Å²) in [5.41, 5.74) is 0. The molecule has 1 aliphatic heterocycles. The molecule has 1 aliphatic rings. The van der Waals surface area contributed by atoms with Crippen LogP contribution in [0.4, 0.5) is 18.3 Å². The minimum atomic E-state index is -4.40. The van der Waals surface area contributed by atoms with E-state index in [-0.39, 0.29) is 0 Å². The summed E-state index contributed by atoms with van der Waals surface area (Å²) in [6.07, 6.45) is -2.17. The number of hydrogen-bond donors (Lipinski definition) is 0. The zero-order valence-electron chi connectivity index (χ0n) is 10.9. The maximum absolute atomic E-state index is 12.5. The zero-order valence-corrected chi connectivity index (χ0v) is 11.8. The summed E-state index contributed by atoms with van der Waals surface area (Å²) in [5.74, 6) is 0. The SMILES string of the molecule is CCN1CCCC1CN(C)c1nnc(C(F)(F)F)s1. The lowest BCUT2D eigenvalue weighted by atomic mass is 10.2. The Morgan fingerprint density at radius 3 is 2.74 bits per heavy atom. The Labute approximate surface area is 114 Å². The van der Waals surface area contributed by atoms with Crippen molar-refractivity contribution in [1.82, 2.24) is 15.1 Å². The highest BCUT2D eigenvalue weighted by molar-refractivity contribution is 7.15. The molecule has 19 heavy (non-hydrogen) atoms. The van der Waals surface area contributed by atoms with Gasteiger partial charge in [0.2, 0.25) is 10.1 Å². The van der Waals surface area contributed by atoms with Gasteiger partial charge in [0.15, 0.2) is 0 Å². The fraction of sp³-hybridized carbons (Fsp3) is 0.818. The molecule has 0 aliphatic carbocycles. The van der Waals surface area contributed by atoms with Crippen LogP contribution in [0.1, 0.15) is 24.8 Å². The molecule has 1 atom stereocenters. The molecule has 0 N–H and O–H groups in total. The van der Waals surface area contributed by atoms with Gasteiger partial charge < -0.3 is 4.90 Å². The summed E-state index contributed by atoms with van der Waals surface area (Å²) in [6.45, 7) is 4.84. The highest BCUT2D eigenvalue weighted by atomic mass is 32.1. The minimum Gasteiger partial charge on any atom is -0.348 e. The Balaban J connectivity index is 2.00. The quantitative estimate of drug-likeness (QED) is 0.854. The molecule has 2 rings (SSSR count). The molecular weight excluding hydrogens is 277 g/mol. The third kappa shape index (κ3) is 3.36. The van der Waals surface area contributed by atoms with Gasteiger partial charge in [-0.15, -0.1) is 10.2 Å². The first-order valence-corrected chi connectivity index (χ1v) is 7.09. The first-order valence-electron chi connectivity index (χ1n) is 6.27. The van der Waals surface area contributed by atoms with Crippen LogP contribution in [0.15, 0.2) is 0 Å². The van der Waals surface area contributed by atoms with Gasteiger partial charge in [-0.25, -0.2) is 0 Å². The van der Waals surface area contributed by atoms with Gasteiger partial charge in [0, 0.05) is 19.6 Å². The molecule has 2 heterocycles. The summed E-state index contributed by atoms with van der Waals surface area (Å²) >= 11 is 0.600. The topological polar surface area (TPSA) is 32.3 Å². The average Bonchev–Trinajstić information content (AvgIpc) is 2.95. The number of rotatable bonds is 4. The highest BCUT2D eigenvalue weighted by Gasteiger charge is 2.36. The standard InChI is InChI=1S/C11H17F3N4S/c1-3-18-6-4-5-8(18)7-17(2)10-16-15-9(19-10)11(12,13)14/h8H,3-7H2,1-2H3. The number of anilines is 1. The van der Waals surface area contributed by atoms with Crippen molar-refractivity contribution in [1.29, 1.82) is 0 Å². The van der Waals surface area contributed by atoms with Crippen molar-refractivity contribution in [2.75, 3.05) is 31.6 Å². The third-order valence-electron chi connectivity index (χ3n) is 3.37. The van der Waals surface area contributed by atoms with E-state index in [9.17, 15) is 13.2 Å². The van der Waals surface area contributed by atoms with Crippen LogP contribution in [0.5, 0.6) is 0 Å². The van der Waals surface area contributed by atoms with Crippen LogP contribution in [0, 0.1) is 0 Å². The second kappa shape index (κ2) is 5.62. The van der Waals surface area contributed by atoms with Gasteiger partial charge in [-0.3, -0.25) is 4.90 Å². The molecule has 8 heteroatoms. The number of aromatic nitrogens is 2. The number of hydrogen-bond acceptors (Lipinski definition) is 5. The summed E-state index contributed by atoms with van der Waals surface area (Å²) in [7, 11) is 1.77. The van der Waals surface area contributed by atoms with Gasteiger partial charge in [0.1, 0.15) is 0 Å². The molecule has 0 spiro atoms. The van der Waals surface area contributed by atoms with Crippen molar-refractivity contribution in [3.8, 4) is 0 Å². The molecule has 0 aromatic carbocycles. The largest absolute Gasteiger partial charge is 0.445 e. The average molecular weight is 294 g/mol. The molecule has 1 aromatic rings. The number of nitrogens with zero attached hydrogens (tertiary/aromatic N) is 4. The lowest BCUT2D eigenvalue weighted by molar-refractivity contribution is -0.138. The second-order valence-corrected chi connectivity index (χ2v) is 5.65. The van der Waals surface area contributed by atoms with E-state index in [1.54, 1.807) is 11.9 Å². The van der Waals surface area contributed by atoms with E-state index < -0.39 is 11.2 Å². The van der Waals surface area contributed by atoms with Crippen LogP contribution in [0.25, 0.3) is 0 Å². The molecule has 1 saturated heterocycles.